The molecule has 4 nitrogen and oxygen atoms in total. The number of pyridine rings is 1. The second kappa shape index (κ2) is 5.33. The van der Waals surface area contributed by atoms with Gasteiger partial charge in [0, 0.05) is 19.3 Å². The van der Waals surface area contributed by atoms with Gasteiger partial charge in [0.2, 0.25) is 0 Å². The average molecular weight is 268 g/mol. The lowest BCUT2D eigenvalue weighted by Gasteiger charge is -2.20. The van der Waals surface area contributed by atoms with Crippen molar-refractivity contribution >= 4 is 5.91 Å². The van der Waals surface area contributed by atoms with E-state index in [0.29, 0.717) is 13.1 Å². The lowest BCUT2D eigenvalue weighted by molar-refractivity contribution is 0.0736. The van der Waals surface area contributed by atoms with Gasteiger partial charge in [-0.1, -0.05) is 24.3 Å². The third-order valence-corrected chi connectivity index (χ3v) is 3.63. The van der Waals surface area contributed by atoms with E-state index in [1.807, 2.05) is 12.1 Å². The highest BCUT2D eigenvalue weighted by molar-refractivity contribution is 5.94. The van der Waals surface area contributed by atoms with Crippen molar-refractivity contribution in [3.05, 3.63) is 59.4 Å². The number of nitrogens with zero attached hydrogens (tertiary/aromatic N) is 2. The van der Waals surface area contributed by atoms with Gasteiger partial charge in [-0.2, -0.15) is 0 Å². The van der Waals surface area contributed by atoms with Crippen molar-refractivity contribution < 1.29 is 9.90 Å². The summed E-state index contributed by atoms with van der Waals surface area (Å²) in [5.41, 5.74) is 2.61. The highest BCUT2D eigenvalue weighted by atomic mass is 16.3. The highest BCUT2D eigenvalue weighted by Gasteiger charge is 2.22. The van der Waals surface area contributed by atoms with Crippen molar-refractivity contribution in [3.63, 3.8) is 0 Å². The van der Waals surface area contributed by atoms with Gasteiger partial charge in [-0.15, -0.1) is 0 Å². The van der Waals surface area contributed by atoms with E-state index in [0.717, 1.165) is 12.8 Å². The number of rotatable bonds is 1. The number of aromatic nitrogens is 1. The fourth-order valence-electron chi connectivity index (χ4n) is 2.59. The molecule has 1 N–H and O–H groups in total. The van der Waals surface area contributed by atoms with Crippen molar-refractivity contribution in [2.24, 2.45) is 0 Å². The molecule has 0 fully saturated rings. The van der Waals surface area contributed by atoms with Gasteiger partial charge in [0.15, 0.2) is 5.69 Å². The summed E-state index contributed by atoms with van der Waals surface area (Å²) >= 11 is 0. The first-order valence-corrected chi connectivity index (χ1v) is 6.76. The summed E-state index contributed by atoms with van der Waals surface area (Å²) < 4.78 is 0. The molecule has 102 valence electrons. The number of fused-ring (bicyclic) bond motifs is 1. The molecule has 3 rings (SSSR count). The van der Waals surface area contributed by atoms with E-state index in [-0.39, 0.29) is 17.4 Å². The zero-order chi connectivity index (χ0) is 13.9. The summed E-state index contributed by atoms with van der Waals surface area (Å²) in [5, 5.41) is 9.77. The summed E-state index contributed by atoms with van der Waals surface area (Å²) in [6.07, 6.45) is 3.43. The molecule has 1 aliphatic heterocycles. The predicted molar refractivity (Wildman–Crippen MR) is 75.4 cm³/mol. The SMILES string of the molecule is O=C(c1ncccc1O)N1CCCc2ccccc2C1. The Hall–Kier alpha value is -2.36. The largest absolute Gasteiger partial charge is 0.505 e. The Morgan fingerprint density at radius 1 is 1.15 bits per heavy atom. The third kappa shape index (κ3) is 2.37. The van der Waals surface area contributed by atoms with E-state index in [2.05, 4.69) is 17.1 Å². The number of benzene rings is 1. The van der Waals surface area contributed by atoms with Gasteiger partial charge in [0.25, 0.3) is 5.91 Å². The molecular formula is C16H16N2O2. The van der Waals surface area contributed by atoms with Crippen LogP contribution in [0.25, 0.3) is 0 Å². The highest BCUT2D eigenvalue weighted by Crippen LogP contribution is 2.22. The normalized spacial score (nSPS) is 14.5. The Balaban J connectivity index is 1.88. The summed E-state index contributed by atoms with van der Waals surface area (Å²) in [7, 11) is 0. The molecule has 1 aromatic heterocycles. The smallest absolute Gasteiger partial charge is 0.276 e. The molecule has 1 aromatic carbocycles. The minimum Gasteiger partial charge on any atom is -0.505 e. The molecule has 0 unspecified atom stereocenters. The Morgan fingerprint density at radius 2 is 1.95 bits per heavy atom. The number of hydrogen-bond acceptors (Lipinski definition) is 3. The minimum absolute atomic E-state index is 0.0602. The van der Waals surface area contributed by atoms with Crippen molar-refractivity contribution in [3.8, 4) is 5.75 Å². The van der Waals surface area contributed by atoms with Crippen molar-refractivity contribution in [1.82, 2.24) is 9.88 Å². The molecule has 0 atom stereocenters. The number of amides is 1. The predicted octanol–water partition coefficient (Wildman–Crippen LogP) is 2.38. The van der Waals surface area contributed by atoms with Gasteiger partial charge < -0.3 is 10.0 Å². The van der Waals surface area contributed by atoms with Crippen LogP contribution in [0.2, 0.25) is 0 Å². The fraction of sp³-hybridized carbons (Fsp3) is 0.250. The van der Waals surface area contributed by atoms with Crippen LogP contribution in [0.3, 0.4) is 0 Å². The number of hydrogen-bond donors (Lipinski definition) is 1. The quantitative estimate of drug-likeness (QED) is 0.864. The zero-order valence-corrected chi connectivity index (χ0v) is 11.1. The number of aromatic hydroxyl groups is 1. The van der Waals surface area contributed by atoms with E-state index >= 15 is 0 Å². The Kier molecular flexibility index (Phi) is 3.37. The Morgan fingerprint density at radius 3 is 2.75 bits per heavy atom. The van der Waals surface area contributed by atoms with Crippen molar-refractivity contribution in [1.29, 1.82) is 0 Å². The molecule has 0 saturated carbocycles. The molecule has 0 bridgehead atoms. The maximum atomic E-state index is 12.5. The topological polar surface area (TPSA) is 53.4 Å². The Labute approximate surface area is 117 Å². The van der Waals surface area contributed by atoms with Gasteiger partial charge >= 0.3 is 0 Å². The van der Waals surface area contributed by atoms with E-state index in [4.69, 9.17) is 0 Å². The molecule has 0 radical (unpaired) electrons. The van der Waals surface area contributed by atoms with Crippen LogP contribution < -0.4 is 0 Å². The molecule has 0 saturated heterocycles. The first kappa shape index (κ1) is 12.7. The molecule has 20 heavy (non-hydrogen) atoms. The first-order valence-electron chi connectivity index (χ1n) is 6.76. The zero-order valence-electron chi connectivity index (χ0n) is 11.1. The van der Waals surface area contributed by atoms with Crippen LogP contribution in [0.15, 0.2) is 42.6 Å². The van der Waals surface area contributed by atoms with E-state index < -0.39 is 0 Å². The number of carbonyl (C=O) groups excluding carboxylic acids is 1. The standard InChI is InChI=1S/C16H16N2O2/c19-14-8-3-9-17-15(14)16(20)18-10-4-7-12-5-1-2-6-13(12)11-18/h1-3,5-6,8-9,19H,4,7,10-11H2. The van der Waals surface area contributed by atoms with Gasteiger partial charge in [0.1, 0.15) is 5.75 Å². The maximum absolute atomic E-state index is 12.5. The summed E-state index contributed by atoms with van der Waals surface area (Å²) in [6, 6.07) is 11.3. The minimum atomic E-state index is -0.209. The van der Waals surface area contributed by atoms with Gasteiger partial charge in [-0.25, -0.2) is 4.98 Å². The van der Waals surface area contributed by atoms with Gasteiger partial charge in [0.05, 0.1) is 0 Å². The summed E-state index contributed by atoms with van der Waals surface area (Å²) in [6.45, 7) is 1.26. The fourth-order valence-corrected chi connectivity index (χ4v) is 2.59. The molecule has 1 amide bonds. The molecule has 2 heterocycles. The Bertz CT molecular complexity index is 640. The summed E-state index contributed by atoms with van der Waals surface area (Å²) in [4.78, 5) is 18.2. The van der Waals surface area contributed by atoms with Crippen LogP contribution in [-0.2, 0) is 13.0 Å². The van der Waals surface area contributed by atoms with Crippen molar-refractivity contribution in [2.75, 3.05) is 6.54 Å². The van der Waals surface area contributed by atoms with Crippen LogP contribution in [0.4, 0.5) is 0 Å². The first-order chi connectivity index (χ1) is 9.75. The van der Waals surface area contributed by atoms with E-state index in [9.17, 15) is 9.90 Å². The molecule has 0 spiro atoms. The van der Waals surface area contributed by atoms with E-state index in [1.54, 1.807) is 11.0 Å². The molecule has 0 aliphatic carbocycles. The van der Waals surface area contributed by atoms with Crippen LogP contribution in [-0.4, -0.2) is 27.4 Å². The molecule has 4 heteroatoms. The molecular weight excluding hydrogens is 252 g/mol. The van der Waals surface area contributed by atoms with Crippen LogP contribution in [0.5, 0.6) is 5.75 Å². The molecule has 2 aromatic rings. The average Bonchev–Trinajstić information content (AvgIpc) is 2.69. The van der Waals surface area contributed by atoms with Crippen LogP contribution in [0, 0.1) is 0 Å². The molecule has 1 aliphatic rings. The van der Waals surface area contributed by atoms with E-state index in [1.165, 1.54) is 23.4 Å². The second-order valence-electron chi connectivity index (χ2n) is 4.97. The van der Waals surface area contributed by atoms with Gasteiger partial charge in [-0.05, 0) is 36.1 Å². The monoisotopic (exact) mass is 268 g/mol. The summed E-state index contributed by atoms with van der Waals surface area (Å²) in [5.74, 6) is -0.269. The van der Waals surface area contributed by atoms with Crippen LogP contribution >= 0.6 is 0 Å². The maximum Gasteiger partial charge on any atom is 0.276 e. The lowest BCUT2D eigenvalue weighted by Crippen LogP contribution is -2.31. The number of aryl methyl sites for hydroxylation is 1. The van der Waals surface area contributed by atoms with Gasteiger partial charge in [-0.3, -0.25) is 4.79 Å². The number of carbonyl (C=O) groups is 1. The second-order valence-corrected chi connectivity index (χ2v) is 4.97. The van der Waals surface area contributed by atoms with Crippen LogP contribution in [0.1, 0.15) is 28.0 Å². The third-order valence-electron chi connectivity index (χ3n) is 3.63. The lowest BCUT2D eigenvalue weighted by atomic mass is 10.0. The van der Waals surface area contributed by atoms with Crippen molar-refractivity contribution in [2.45, 2.75) is 19.4 Å².